The van der Waals surface area contributed by atoms with Gasteiger partial charge in [0, 0.05) is 33.3 Å². The van der Waals surface area contributed by atoms with Crippen molar-refractivity contribution in [2.75, 3.05) is 9.80 Å². The van der Waals surface area contributed by atoms with E-state index in [2.05, 4.69) is 265 Å². The lowest BCUT2D eigenvalue weighted by Crippen LogP contribution is -2.37. The molecule has 3 heterocycles. The molecule has 12 aromatic rings. The molecular formula is C70H46N2O2S. The Morgan fingerprint density at radius 2 is 0.627 bits per heavy atom. The zero-order valence-corrected chi connectivity index (χ0v) is 41.5. The molecule has 15 rings (SSSR count). The van der Waals surface area contributed by atoms with Gasteiger partial charge in [0.15, 0.2) is 0 Å². The van der Waals surface area contributed by atoms with E-state index in [0.717, 1.165) is 77.9 Å². The third-order valence-corrected chi connectivity index (χ3v) is 18.2. The lowest BCUT2D eigenvalue weighted by Gasteiger charge is -2.47. The molecule has 0 fully saturated rings. The summed E-state index contributed by atoms with van der Waals surface area (Å²) >= 11 is 0. The van der Waals surface area contributed by atoms with Crippen LogP contribution >= 0.6 is 0 Å². The highest BCUT2D eigenvalue weighted by Gasteiger charge is 2.49. The standard InChI is InChI=1S/C70H46N2O2S/c73-75(74)65-43-39-53(71-63-35-19-17-33-59(63)69(49-23-5-1-6-24-49,50-25-7-2-8-26-50)61-41-37-47-21-13-15-31-55(47)67(61)71)45-57(65)58-46-54(40-44-66(58)75)72-64-36-20-18-34-60(64)70(51-27-9-3-10-28-51,52-29-11-4-12-30-52)62-42-38-48-22-14-16-32-56(48)68(62)72/h1-46H. The summed E-state index contributed by atoms with van der Waals surface area (Å²) in [6, 6.07) is 99.1. The van der Waals surface area contributed by atoms with Crippen molar-refractivity contribution in [3.8, 4) is 11.1 Å². The molecule has 0 radical (unpaired) electrons. The van der Waals surface area contributed by atoms with Gasteiger partial charge in [-0.2, -0.15) is 0 Å². The predicted molar refractivity (Wildman–Crippen MR) is 305 cm³/mol. The van der Waals surface area contributed by atoms with Crippen LogP contribution in [0.4, 0.5) is 34.1 Å². The normalized spacial score (nSPS) is 15.0. The summed E-state index contributed by atoms with van der Waals surface area (Å²) in [6.45, 7) is 0. The van der Waals surface area contributed by atoms with E-state index in [1.54, 1.807) is 0 Å². The van der Waals surface area contributed by atoms with E-state index in [-0.39, 0.29) is 0 Å². The average molecular weight is 979 g/mol. The Morgan fingerprint density at radius 1 is 0.293 bits per heavy atom. The minimum atomic E-state index is -3.89. The van der Waals surface area contributed by atoms with Crippen molar-refractivity contribution in [3.63, 3.8) is 0 Å². The monoisotopic (exact) mass is 978 g/mol. The Balaban J connectivity index is 0.975. The van der Waals surface area contributed by atoms with E-state index in [9.17, 15) is 8.42 Å². The number of fused-ring (bicyclic) bond motifs is 11. The number of hydrogen-bond donors (Lipinski definition) is 0. The number of para-hydroxylation sites is 2. The van der Waals surface area contributed by atoms with Gasteiger partial charge in [0.05, 0.1) is 43.4 Å². The highest BCUT2D eigenvalue weighted by molar-refractivity contribution is 7.92. The lowest BCUT2D eigenvalue weighted by molar-refractivity contribution is 0.598. The van der Waals surface area contributed by atoms with Gasteiger partial charge in [-0.3, -0.25) is 0 Å². The van der Waals surface area contributed by atoms with Gasteiger partial charge in [-0.25, -0.2) is 8.42 Å². The SMILES string of the molecule is O=S1(=O)c2ccc(N3c4ccccc4C(c4ccccc4)(c4ccccc4)c4ccc5ccccc5c43)cc2-c2cc(N3c4ccccc4C(c4ccccc4)(c4ccccc4)c4ccc5ccccc5c43)ccc21. The second-order valence-electron chi connectivity index (χ2n) is 19.9. The molecule has 0 aromatic heterocycles. The topological polar surface area (TPSA) is 40.6 Å². The molecule has 0 amide bonds. The van der Waals surface area contributed by atoms with E-state index < -0.39 is 20.7 Å². The lowest BCUT2D eigenvalue weighted by atomic mass is 9.62. The molecule has 0 N–H and O–H groups in total. The molecule has 0 saturated carbocycles. The van der Waals surface area contributed by atoms with Crippen LogP contribution in [0.3, 0.4) is 0 Å². The van der Waals surface area contributed by atoms with Crippen molar-refractivity contribution in [1.82, 2.24) is 0 Å². The summed E-state index contributed by atoms with van der Waals surface area (Å²) in [7, 11) is -3.89. The van der Waals surface area contributed by atoms with Crippen LogP contribution in [-0.4, -0.2) is 8.42 Å². The molecule has 0 aliphatic carbocycles. The van der Waals surface area contributed by atoms with Gasteiger partial charge < -0.3 is 9.80 Å². The number of nitrogens with zero attached hydrogens (tertiary/aromatic N) is 2. The van der Waals surface area contributed by atoms with E-state index in [1.807, 2.05) is 24.3 Å². The Hall–Kier alpha value is -9.29. The summed E-state index contributed by atoms with van der Waals surface area (Å²) in [4.78, 5) is 5.37. The molecular weight excluding hydrogens is 933 g/mol. The fourth-order valence-corrected chi connectivity index (χ4v) is 14.9. The fourth-order valence-electron chi connectivity index (χ4n) is 13.3. The smallest absolute Gasteiger partial charge is 0.207 e. The summed E-state index contributed by atoms with van der Waals surface area (Å²) in [6.07, 6.45) is 0. The maximum Gasteiger partial charge on any atom is 0.207 e. The minimum absolute atomic E-state index is 0.307. The second-order valence-corrected chi connectivity index (χ2v) is 21.8. The highest BCUT2D eigenvalue weighted by atomic mass is 32.2. The van der Waals surface area contributed by atoms with Gasteiger partial charge in [-0.15, -0.1) is 0 Å². The molecule has 0 atom stereocenters. The minimum Gasteiger partial charge on any atom is -0.309 e. The van der Waals surface area contributed by atoms with Crippen molar-refractivity contribution in [3.05, 3.63) is 324 Å². The number of sulfone groups is 1. The number of anilines is 6. The maximum absolute atomic E-state index is 15.0. The zero-order valence-electron chi connectivity index (χ0n) is 40.7. The maximum atomic E-state index is 15.0. The van der Waals surface area contributed by atoms with E-state index in [0.29, 0.717) is 20.9 Å². The first-order valence-electron chi connectivity index (χ1n) is 25.6. The van der Waals surface area contributed by atoms with Crippen LogP contribution < -0.4 is 9.80 Å². The Bertz CT molecular complexity index is 4030. The van der Waals surface area contributed by atoms with Crippen LogP contribution in [0.5, 0.6) is 0 Å². The van der Waals surface area contributed by atoms with Crippen LogP contribution in [0.1, 0.15) is 44.5 Å². The van der Waals surface area contributed by atoms with Gasteiger partial charge >= 0.3 is 0 Å². The molecule has 5 heteroatoms. The average Bonchev–Trinajstić information content (AvgIpc) is 3.76. The molecule has 75 heavy (non-hydrogen) atoms. The first-order chi connectivity index (χ1) is 37.0. The summed E-state index contributed by atoms with van der Waals surface area (Å²) < 4.78 is 29.9. The Kier molecular flexibility index (Phi) is 9.45. The number of hydrogen-bond acceptors (Lipinski definition) is 4. The molecule has 3 aliphatic rings. The quantitative estimate of drug-likeness (QED) is 0.166. The molecule has 4 nitrogen and oxygen atoms in total. The molecule has 12 aromatic carbocycles. The van der Waals surface area contributed by atoms with Crippen molar-refractivity contribution in [2.45, 2.75) is 20.6 Å². The largest absolute Gasteiger partial charge is 0.309 e. The molecule has 0 bridgehead atoms. The molecule has 3 aliphatic heterocycles. The first kappa shape index (κ1) is 43.3. The fraction of sp³-hybridized carbons (Fsp3) is 0.0286. The highest BCUT2D eigenvalue weighted by Crippen LogP contribution is 2.62. The van der Waals surface area contributed by atoms with Gasteiger partial charge in [0.25, 0.3) is 0 Å². The third kappa shape index (κ3) is 5.96. The van der Waals surface area contributed by atoms with Crippen LogP contribution in [0.2, 0.25) is 0 Å². The Morgan fingerprint density at radius 3 is 1.01 bits per heavy atom. The van der Waals surface area contributed by atoms with Gasteiger partial charge in [0.2, 0.25) is 9.84 Å². The predicted octanol–water partition coefficient (Wildman–Crippen LogP) is 17.1. The van der Waals surface area contributed by atoms with Crippen molar-refractivity contribution in [2.24, 2.45) is 0 Å². The zero-order chi connectivity index (χ0) is 49.9. The van der Waals surface area contributed by atoms with Crippen molar-refractivity contribution >= 4 is 65.5 Å². The summed E-state index contributed by atoms with van der Waals surface area (Å²) in [5.41, 5.74) is 15.1. The first-order valence-corrected chi connectivity index (χ1v) is 27.1. The molecule has 0 unspecified atom stereocenters. The number of benzene rings is 12. The van der Waals surface area contributed by atoms with Gasteiger partial charge in [-0.05, 0) is 104 Å². The molecule has 0 spiro atoms. The van der Waals surface area contributed by atoms with Crippen molar-refractivity contribution < 1.29 is 8.42 Å². The van der Waals surface area contributed by atoms with Crippen LogP contribution in [-0.2, 0) is 20.7 Å². The van der Waals surface area contributed by atoms with Crippen LogP contribution in [0.25, 0.3) is 32.7 Å². The molecule has 0 saturated heterocycles. The van der Waals surface area contributed by atoms with Gasteiger partial charge in [-0.1, -0.05) is 231 Å². The van der Waals surface area contributed by atoms with E-state index in [1.165, 1.54) is 22.3 Å². The van der Waals surface area contributed by atoms with Gasteiger partial charge in [0.1, 0.15) is 0 Å². The van der Waals surface area contributed by atoms with E-state index in [4.69, 9.17) is 0 Å². The number of rotatable bonds is 6. The Labute approximate surface area is 436 Å². The molecule has 354 valence electrons. The summed E-state index contributed by atoms with van der Waals surface area (Å²) in [5, 5.41) is 4.45. The van der Waals surface area contributed by atoms with Crippen LogP contribution in [0, 0.1) is 0 Å². The summed E-state index contributed by atoms with van der Waals surface area (Å²) in [5.74, 6) is 0. The van der Waals surface area contributed by atoms with Crippen molar-refractivity contribution in [1.29, 1.82) is 0 Å². The van der Waals surface area contributed by atoms with Crippen LogP contribution in [0.15, 0.2) is 289 Å². The third-order valence-electron chi connectivity index (χ3n) is 16.3. The van der Waals surface area contributed by atoms with E-state index >= 15 is 0 Å². The second kappa shape index (κ2) is 16.4.